The number of aliphatic hydroxyl groups excluding tert-OH is 1. The summed E-state index contributed by atoms with van der Waals surface area (Å²) in [5.74, 6) is 0. The second kappa shape index (κ2) is 5.91. The summed E-state index contributed by atoms with van der Waals surface area (Å²) in [7, 11) is 0. The van der Waals surface area contributed by atoms with Crippen molar-refractivity contribution in [3.05, 3.63) is 0 Å². The number of hydrogen-bond acceptors (Lipinski definition) is 2. The van der Waals surface area contributed by atoms with Crippen molar-refractivity contribution < 1.29 is 9.90 Å². The molecule has 0 spiro atoms. The summed E-state index contributed by atoms with van der Waals surface area (Å²) in [5, 5.41) is 12.7. The van der Waals surface area contributed by atoms with Gasteiger partial charge in [-0.1, -0.05) is 19.8 Å². The van der Waals surface area contributed by atoms with Gasteiger partial charge in [-0.15, -0.1) is 0 Å². The highest BCUT2D eigenvalue weighted by Gasteiger charge is 2.33. The first-order chi connectivity index (χ1) is 8.65. The van der Waals surface area contributed by atoms with Crippen molar-refractivity contribution in [2.45, 2.75) is 58.0 Å². The lowest BCUT2D eigenvalue weighted by atomic mass is 9.83. The number of carbonyl (C=O) groups is 1. The maximum Gasteiger partial charge on any atom is 0.317 e. The summed E-state index contributed by atoms with van der Waals surface area (Å²) in [6.07, 6.45) is 7.62. The van der Waals surface area contributed by atoms with E-state index in [9.17, 15) is 9.90 Å². The van der Waals surface area contributed by atoms with E-state index in [0.29, 0.717) is 12.0 Å². The van der Waals surface area contributed by atoms with Crippen molar-refractivity contribution in [1.82, 2.24) is 10.2 Å². The molecule has 0 aromatic carbocycles. The van der Waals surface area contributed by atoms with E-state index < -0.39 is 0 Å². The number of likely N-dealkylation sites (tertiary alicyclic amines) is 1. The van der Waals surface area contributed by atoms with Crippen LogP contribution < -0.4 is 5.32 Å². The fraction of sp³-hybridized carbons (Fsp3) is 0.929. The Hall–Kier alpha value is -0.770. The molecule has 104 valence electrons. The van der Waals surface area contributed by atoms with Crippen LogP contribution in [0.15, 0.2) is 0 Å². The molecule has 18 heavy (non-hydrogen) atoms. The van der Waals surface area contributed by atoms with E-state index in [1.54, 1.807) is 4.90 Å². The SMILES string of the molecule is CCC1(CNC(=O)N2CCCC(O)C2)CCCC1. The Morgan fingerprint density at radius 2 is 2.11 bits per heavy atom. The van der Waals surface area contributed by atoms with Crippen molar-refractivity contribution in [3.63, 3.8) is 0 Å². The van der Waals surface area contributed by atoms with E-state index in [1.165, 1.54) is 25.7 Å². The quantitative estimate of drug-likeness (QED) is 0.810. The number of amides is 2. The molecule has 1 aliphatic carbocycles. The molecule has 2 rings (SSSR count). The maximum absolute atomic E-state index is 12.1. The van der Waals surface area contributed by atoms with Crippen LogP contribution >= 0.6 is 0 Å². The van der Waals surface area contributed by atoms with Gasteiger partial charge in [0.15, 0.2) is 0 Å². The number of urea groups is 1. The summed E-state index contributed by atoms with van der Waals surface area (Å²) in [5.41, 5.74) is 0.337. The van der Waals surface area contributed by atoms with Crippen molar-refractivity contribution in [2.75, 3.05) is 19.6 Å². The number of carbonyl (C=O) groups excluding carboxylic acids is 1. The van der Waals surface area contributed by atoms with E-state index in [4.69, 9.17) is 0 Å². The molecule has 4 heteroatoms. The van der Waals surface area contributed by atoms with E-state index >= 15 is 0 Å². The number of nitrogens with zero attached hydrogens (tertiary/aromatic N) is 1. The Labute approximate surface area is 110 Å². The zero-order chi connectivity index (χ0) is 13.0. The lowest BCUT2D eigenvalue weighted by Gasteiger charge is -2.33. The lowest BCUT2D eigenvalue weighted by Crippen LogP contribution is -2.49. The molecule has 1 heterocycles. The molecule has 1 unspecified atom stereocenters. The van der Waals surface area contributed by atoms with Gasteiger partial charge in [0, 0.05) is 19.6 Å². The van der Waals surface area contributed by atoms with Crippen molar-refractivity contribution in [3.8, 4) is 0 Å². The van der Waals surface area contributed by atoms with E-state index in [2.05, 4.69) is 12.2 Å². The topological polar surface area (TPSA) is 52.6 Å². The van der Waals surface area contributed by atoms with Gasteiger partial charge in [0.05, 0.1) is 6.10 Å². The minimum absolute atomic E-state index is 0.00785. The minimum Gasteiger partial charge on any atom is -0.391 e. The molecule has 4 nitrogen and oxygen atoms in total. The molecular formula is C14H26N2O2. The fourth-order valence-electron chi connectivity index (χ4n) is 3.29. The molecular weight excluding hydrogens is 228 g/mol. The normalized spacial score (nSPS) is 27.2. The predicted octanol–water partition coefficient (Wildman–Crippen LogP) is 2.12. The second-order valence-corrected chi connectivity index (χ2v) is 5.96. The fourth-order valence-corrected chi connectivity index (χ4v) is 3.29. The molecule has 2 amide bonds. The maximum atomic E-state index is 12.1. The van der Waals surface area contributed by atoms with Crippen LogP contribution in [0, 0.1) is 5.41 Å². The van der Waals surface area contributed by atoms with Gasteiger partial charge in [-0.05, 0) is 37.5 Å². The van der Waals surface area contributed by atoms with E-state index in [1.807, 2.05) is 0 Å². The van der Waals surface area contributed by atoms with Gasteiger partial charge in [-0.3, -0.25) is 0 Å². The molecule has 1 aliphatic heterocycles. The second-order valence-electron chi connectivity index (χ2n) is 5.96. The molecule has 1 atom stereocenters. The van der Waals surface area contributed by atoms with Crippen molar-refractivity contribution >= 4 is 6.03 Å². The Morgan fingerprint density at radius 1 is 1.39 bits per heavy atom. The standard InChI is InChI=1S/C14H26N2O2/c1-2-14(7-3-4-8-14)11-15-13(18)16-9-5-6-12(17)10-16/h12,17H,2-11H2,1H3,(H,15,18). The first-order valence-corrected chi connectivity index (χ1v) is 7.36. The van der Waals surface area contributed by atoms with Crippen LogP contribution in [0.3, 0.4) is 0 Å². The third-order valence-corrected chi connectivity index (χ3v) is 4.71. The van der Waals surface area contributed by atoms with Crippen molar-refractivity contribution in [1.29, 1.82) is 0 Å². The highest BCUT2D eigenvalue weighted by molar-refractivity contribution is 5.74. The smallest absolute Gasteiger partial charge is 0.317 e. The van der Waals surface area contributed by atoms with Crippen LogP contribution in [0.2, 0.25) is 0 Å². The average molecular weight is 254 g/mol. The summed E-state index contributed by atoms with van der Waals surface area (Å²) >= 11 is 0. The monoisotopic (exact) mass is 254 g/mol. The van der Waals surface area contributed by atoms with Crippen LogP contribution in [-0.4, -0.2) is 41.8 Å². The third-order valence-electron chi connectivity index (χ3n) is 4.71. The lowest BCUT2D eigenvalue weighted by molar-refractivity contribution is 0.0829. The molecule has 2 fully saturated rings. The van der Waals surface area contributed by atoms with Crippen LogP contribution in [0.5, 0.6) is 0 Å². The van der Waals surface area contributed by atoms with Crippen LogP contribution in [-0.2, 0) is 0 Å². The number of piperidine rings is 1. The first kappa shape index (κ1) is 13.7. The predicted molar refractivity (Wildman–Crippen MR) is 71.4 cm³/mol. The Morgan fingerprint density at radius 3 is 2.72 bits per heavy atom. The molecule has 0 aromatic heterocycles. The zero-order valence-corrected chi connectivity index (χ0v) is 11.5. The highest BCUT2D eigenvalue weighted by Crippen LogP contribution is 2.40. The van der Waals surface area contributed by atoms with Gasteiger partial charge in [0.25, 0.3) is 0 Å². The van der Waals surface area contributed by atoms with Gasteiger partial charge >= 0.3 is 6.03 Å². The summed E-state index contributed by atoms with van der Waals surface area (Å²) < 4.78 is 0. The summed E-state index contributed by atoms with van der Waals surface area (Å²) in [6, 6.07) is 0.00785. The van der Waals surface area contributed by atoms with Crippen molar-refractivity contribution in [2.24, 2.45) is 5.41 Å². The van der Waals surface area contributed by atoms with Gasteiger partial charge in [-0.25, -0.2) is 4.79 Å². The Kier molecular flexibility index (Phi) is 4.49. The van der Waals surface area contributed by atoms with Crippen LogP contribution in [0.1, 0.15) is 51.9 Å². The number of aliphatic hydroxyl groups is 1. The van der Waals surface area contributed by atoms with Gasteiger partial charge < -0.3 is 15.3 Å². The molecule has 2 aliphatic rings. The summed E-state index contributed by atoms with van der Waals surface area (Å²) in [6.45, 7) is 4.30. The van der Waals surface area contributed by atoms with Gasteiger partial charge in [0.2, 0.25) is 0 Å². The molecule has 0 radical (unpaired) electrons. The highest BCUT2D eigenvalue weighted by atomic mass is 16.3. The van der Waals surface area contributed by atoms with Gasteiger partial charge in [-0.2, -0.15) is 0 Å². The molecule has 1 saturated heterocycles. The van der Waals surface area contributed by atoms with Crippen LogP contribution in [0.25, 0.3) is 0 Å². The molecule has 2 N–H and O–H groups in total. The number of hydrogen-bond donors (Lipinski definition) is 2. The number of nitrogens with one attached hydrogen (secondary N) is 1. The number of rotatable bonds is 3. The van der Waals surface area contributed by atoms with Gasteiger partial charge in [0.1, 0.15) is 0 Å². The van der Waals surface area contributed by atoms with Crippen LogP contribution in [0.4, 0.5) is 4.79 Å². The molecule has 1 saturated carbocycles. The Bertz CT molecular complexity index is 288. The molecule has 0 bridgehead atoms. The minimum atomic E-state index is -0.337. The van der Waals surface area contributed by atoms with E-state index in [-0.39, 0.29) is 12.1 Å². The number of β-amino-alcohol motifs (C(OH)–C–C–N with tert-alkyl or cyclic N) is 1. The largest absolute Gasteiger partial charge is 0.391 e. The first-order valence-electron chi connectivity index (χ1n) is 7.36. The zero-order valence-electron chi connectivity index (χ0n) is 11.5. The Balaban J connectivity index is 1.80. The summed E-state index contributed by atoms with van der Waals surface area (Å²) in [4.78, 5) is 13.8. The molecule has 0 aromatic rings. The third kappa shape index (κ3) is 3.16. The average Bonchev–Trinajstić information content (AvgIpc) is 2.85. The van der Waals surface area contributed by atoms with E-state index in [0.717, 1.165) is 32.4 Å².